The fraction of sp³-hybridized carbons (Fsp3) is 1.00. The lowest BCUT2D eigenvalue weighted by Gasteiger charge is -2.15. The van der Waals surface area contributed by atoms with Crippen LogP contribution < -0.4 is 0 Å². The van der Waals surface area contributed by atoms with Gasteiger partial charge in [-0.1, -0.05) is 20.3 Å². The van der Waals surface area contributed by atoms with Crippen LogP contribution in [0.15, 0.2) is 0 Å². The van der Waals surface area contributed by atoms with E-state index in [1.165, 1.54) is 0 Å². The predicted molar refractivity (Wildman–Crippen MR) is 37.1 cm³/mol. The van der Waals surface area contributed by atoms with E-state index in [0.717, 1.165) is 12.8 Å². The molecule has 0 spiro atoms. The molecule has 0 bridgehead atoms. The average Bonchev–Trinajstić information content (AvgIpc) is 1.99. The molecule has 0 aromatic heterocycles. The number of aliphatic hydroxyl groups is 1. The lowest BCUT2D eigenvalue weighted by atomic mass is 10.1. The van der Waals surface area contributed by atoms with Gasteiger partial charge in [0.15, 0.2) is 6.29 Å². The third-order valence-corrected chi connectivity index (χ3v) is 1.32. The zero-order chi connectivity index (χ0) is 10.5. The normalized spacial score (nSPS) is 25.1. The van der Waals surface area contributed by atoms with Gasteiger partial charge in [-0.2, -0.15) is 0 Å². The van der Waals surface area contributed by atoms with E-state index in [-0.39, 0.29) is 5.92 Å². The summed E-state index contributed by atoms with van der Waals surface area (Å²) < 4.78 is 31.8. The molecule has 0 rings (SSSR count). The Morgan fingerprint density at radius 2 is 2.67 bits per heavy atom. The van der Waals surface area contributed by atoms with Crippen LogP contribution in [0, 0.1) is 5.92 Å². The molecule has 2 nitrogen and oxygen atoms in total. The Balaban J connectivity index is 4.01. The molecule has 0 aliphatic carbocycles. The van der Waals surface area contributed by atoms with Crippen molar-refractivity contribution in [3.05, 3.63) is 0 Å². The molecule has 0 radical (unpaired) electrons. The standard InChI is InChI=1S/C7H16O2/c1-4-5-6(2)7(8)9-3/h6-8H,4-5H2,1-3H3/i3D3,8D. The van der Waals surface area contributed by atoms with Crippen LogP contribution in [0.5, 0.6) is 0 Å². The average molecular weight is 136 g/mol. The number of hydrogen-bond donors (Lipinski definition) is 1. The highest BCUT2D eigenvalue weighted by atomic mass is 16.6. The molecule has 2 unspecified atom stereocenters. The van der Waals surface area contributed by atoms with Gasteiger partial charge in [0, 0.05) is 13.0 Å². The highest BCUT2D eigenvalue weighted by Gasteiger charge is 2.10. The molecule has 0 aliphatic heterocycles. The van der Waals surface area contributed by atoms with Crippen LogP contribution in [0.4, 0.5) is 0 Å². The van der Waals surface area contributed by atoms with Gasteiger partial charge in [0.05, 0.1) is 4.11 Å². The Hall–Kier alpha value is -0.0800. The van der Waals surface area contributed by atoms with Crippen molar-refractivity contribution in [2.24, 2.45) is 5.92 Å². The van der Waals surface area contributed by atoms with Crippen LogP contribution in [0.1, 0.15) is 30.8 Å². The molecule has 0 saturated heterocycles. The Morgan fingerprint density at radius 3 is 3.11 bits per heavy atom. The molecule has 0 fully saturated rings. The molecule has 1 N–H and O–H groups in total. The van der Waals surface area contributed by atoms with Gasteiger partial charge >= 0.3 is 0 Å². The van der Waals surface area contributed by atoms with Crippen molar-refractivity contribution in [3.63, 3.8) is 0 Å². The van der Waals surface area contributed by atoms with Gasteiger partial charge in [-0.15, -0.1) is 0 Å². The topological polar surface area (TPSA) is 29.5 Å². The van der Waals surface area contributed by atoms with E-state index in [4.69, 9.17) is 5.54 Å². The third-order valence-electron chi connectivity index (χ3n) is 1.32. The minimum atomic E-state index is -2.49. The van der Waals surface area contributed by atoms with Crippen LogP contribution in [-0.4, -0.2) is 19.9 Å². The van der Waals surface area contributed by atoms with Crippen molar-refractivity contribution in [1.29, 1.82) is 1.43 Å². The molecule has 2 atom stereocenters. The molecule has 0 heterocycles. The van der Waals surface area contributed by atoms with Gasteiger partial charge < -0.3 is 9.85 Å². The van der Waals surface area contributed by atoms with Crippen molar-refractivity contribution < 1.29 is 14.0 Å². The van der Waals surface area contributed by atoms with Crippen LogP contribution in [0.2, 0.25) is 0 Å². The van der Waals surface area contributed by atoms with Gasteiger partial charge in [0.2, 0.25) is 1.43 Å². The van der Waals surface area contributed by atoms with Crippen molar-refractivity contribution in [2.75, 3.05) is 7.04 Å². The zero-order valence-corrected chi connectivity index (χ0v) is 5.89. The van der Waals surface area contributed by atoms with E-state index in [2.05, 4.69) is 9.85 Å². The van der Waals surface area contributed by atoms with Crippen LogP contribution in [0.3, 0.4) is 0 Å². The Labute approximate surface area is 62.5 Å². The quantitative estimate of drug-likeness (QED) is 0.579. The van der Waals surface area contributed by atoms with Gasteiger partial charge in [0.1, 0.15) is 0 Å². The van der Waals surface area contributed by atoms with Crippen LogP contribution in [0.25, 0.3) is 0 Å². The molecule has 0 aromatic carbocycles. The van der Waals surface area contributed by atoms with E-state index in [9.17, 15) is 0 Å². The highest BCUT2D eigenvalue weighted by Crippen LogP contribution is 2.09. The monoisotopic (exact) mass is 136 g/mol. The summed E-state index contributed by atoms with van der Waals surface area (Å²) in [5.74, 6) is -0.0806. The molecule has 56 valence electrons. The maximum atomic E-state index is 6.84. The summed E-state index contributed by atoms with van der Waals surface area (Å²) in [6, 6.07) is 0. The second-order valence-corrected chi connectivity index (χ2v) is 2.25. The molecule has 2 heteroatoms. The Kier molecular flexibility index (Phi) is 2.09. The number of aliphatic hydroxyl groups excluding tert-OH is 1. The summed E-state index contributed by atoms with van der Waals surface area (Å²) in [5, 5.41) is 4.21. The largest absolute Gasteiger partial charge is 0.368 e. The zero-order valence-electron chi connectivity index (χ0n) is 9.89. The van der Waals surface area contributed by atoms with Crippen molar-refractivity contribution in [1.82, 2.24) is 0 Å². The first-order valence-corrected chi connectivity index (χ1v) is 3.20. The van der Waals surface area contributed by atoms with Gasteiger partial charge in [-0.25, -0.2) is 0 Å². The number of hydrogen-bond acceptors (Lipinski definition) is 2. The van der Waals surface area contributed by atoms with Gasteiger partial charge in [-0.05, 0) is 6.42 Å². The van der Waals surface area contributed by atoms with Gasteiger partial charge in [-0.3, -0.25) is 0 Å². The predicted octanol–water partition coefficient (Wildman–Crippen LogP) is 1.39. The first-order valence-electron chi connectivity index (χ1n) is 5.11. The maximum absolute atomic E-state index is 6.84. The Morgan fingerprint density at radius 1 is 1.89 bits per heavy atom. The number of rotatable bonds is 5. The summed E-state index contributed by atoms with van der Waals surface area (Å²) in [5.41, 5.74) is 0. The number of methoxy groups -OCH3 is 1. The summed E-state index contributed by atoms with van der Waals surface area (Å²) in [4.78, 5) is 0. The third kappa shape index (κ3) is 3.49. The van der Waals surface area contributed by atoms with Crippen molar-refractivity contribution >= 4 is 0 Å². The molecule has 9 heavy (non-hydrogen) atoms. The van der Waals surface area contributed by atoms with E-state index >= 15 is 0 Å². The molecular formula is C7H16O2. The lowest BCUT2D eigenvalue weighted by Crippen LogP contribution is -2.18. The van der Waals surface area contributed by atoms with Crippen LogP contribution >= 0.6 is 0 Å². The molecule has 0 aromatic rings. The molecule has 0 aliphatic rings. The molecule has 0 amide bonds. The minimum absolute atomic E-state index is 0.0806. The maximum Gasteiger partial charge on any atom is 0.213 e. The smallest absolute Gasteiger partial charge is 0.213 e. The van der Waals surface area contributed by atoms with Crippen LogP contribution in [-0.2, 0) is 4.74 Å². The Bertz CT molecular complexity index is 137. The summed E-state index contributed by atoms with van der Waals surface area (Å²) in [7, 11) is -2.49. The molecular weight excluding hydrogens is 116 g/mol. The SMILES string of the molecule is [2H]OC(OC([2H])([2H])[2H])C(C)CCC. The fourth-order valence-electron chi connectivity index (χ4n) is 0.708. The summed E-state index contributed by atoms with van der Waals surface area (Å²) in [6.45, 7) is 3.78. The van der Waals surface area contributed by atoms with E-state index in [0.29, 0.717) is 0 Å². The lowest BCUT2D eigenvalue weighted by molar-refractivity contribution is -0.109. The molecule has 0 saturated carbocycles. The van der Waals surface area contributed by atoms with Crippen molar-refractivity contribution in [3.8, 4) is 0 Å². The highest BCUT2D eigenvalue weighted by molar-refractivity contribution is 4.52. The summed E-state index contributed by atoms with van der Waals surface area (Å²) in [6.07, 6.45) is 0.720. The van der Waals surface area contributed by atoms with Gasteiger partial charge in [0.25, 0.3) is 0 Å². The van der Waals surface area contributed by atoms with E-state index < -0.39 is 13.3 Å². The second-order valence-electron chi connectivity index (χ2n) is 2.25. The van der Waals surface area contributed by atoms with E-state index in [1.807, 2.05) is 6.92 Å². The first kappa shape index (κ1) is 3.94. The summed E-state index contributed by atoms with van der Waals surface area (Å²) >= 11 is 0. The minimum Gasteiger partial charge on any atom is -0.368 e. The second kappa shape index (κ2) is 4.77. The fourth-order valence-corrected chi connectivity index (χ4v) is 0.708. The first-order chi connectivity index (χ1) is 5.90. The van der Waals surface area contributed by atoms with E-state index in [1.54, 1.807) is 6.92 Å². The number of ether oxygens (including phenoxy) is 1. The van der Waals surface area contributed by atoms with Crippen molar-refractivity contribution in [2.45, 2.75) is 33.0 Å².